The van der Waals surface area contributed by atoms with E-state index in [1.807, 2.05) is 54.6 Å². The minimum Gasteiger partial charge on any atom is -0.448 e. The Morgan fingerprint density at radius 1 is 0.935 bits per heavy atom. The third kappa shape index (κ3) is 3.48. The predicted octanol–water partition coefficient (Wildman–Crippen LogP) is 4.91. The van der Waals surface area contributed by atoms with Gasteiger partial charge in [-0.25, -0.2) is 4.79 Å². The fourth-order valence-electron chi connectivity index (χ4n) is 4.33. The summed E-state index contributed by atoms with van der Waals surface area (Å²) < 4.78 is 5.68. The highest BCUT2D eigenvalue weighted by atomic mass is 16.6. The van der Waals surface area contributed by atoms with Gasteiger partial charge in [0.1, 0.15) is 6.61 Å². The van der Waals surface area contributed by atoms with Crippen molar-refractivity contribution >= 4 is 17.0 Å². The minimum absolute atomic E-state index is 0.00817. The molecule has 0 aliphatic heterocycles. The molecule has 1 amide bonds. The Kier molecular flexibility index (Phi) is 4.79. The van der Waals surface area contributed by atoms with E-state index in [2.05, 4.69) is 29.2 Å². The highest BCUT2D eigenvalue weighted by Gasteiger charge is 2.29. The van der Waals surface area contributed by atoms with Crippen LogP contribution in [0.15, 0.2) is 83.7 Å². The average molecular weight is 410 g/mol. The lowest BCUT2D eigenvalue weighted by Crippen LogP contribution is -2.30. The van der Waals surface area contributed by atoms with Crippen LogP contribution in [0.25, 0.3) is 22.0 Å². The van der Waals surface area contributed by atoms with Crippen molar-refractivity contribution in [2.24, 2.45) is 0 Å². The number of hydrogen-bond donors (Lipinski definition) is 1. The quantitative estimate of drug-likeness (QED) is 0.520. The molecular formula is C26H22N2O3. The van der Waals surface area contributed by atoms with Crippen molar-refractivity contribution in [2.45, 2.75) is 12.5 Å². The van der Waals surface area contributed by atoms with Crippen molar-refractivity contribution in [1.29, 1.82) is 0 Å². The molecule has 5 nitrogen and oxygen atoms in total. The Hall–Kier alpha value is -3.86. The van der Waals surface area contributed by atoms with Gasteiger partial charge >= 0.3 is 6.09 Å². The summed E-state index contributed by atoms with van der Waals surface area (Å²) in [6.45, 7) is 0.433. The number of aromatic nitrogens is 1. The molecule has 5 rings (SSSR count). The molecule has 31 heavy (non-hydrogen) atoms. The zero-order chi connectivity index (χ0) is 21.4. The fourth-order valence-corrected chi connectivity index (χ4v) is 4.33. The molecule has 0 saturated carbocycles. The molecule has 0 fully saturated rings. The van der Waals surface area contributed by atoms with Crippen LogP contribution < -0.4 is 5.56 Å². The standard InChI is InChI=1S/C26H22N2O3/c1-28(15-18-14-17-8-2-7-13-24(17)27-25(18)29)26(30)31-16-23-21-11-5-3-9-19(21)20-10-4-6-12-22(20)23/h2-14,23H,15-16H2,1H3,(H,27,29). The number of carbonyl (C=O) groups excluding carboxylic acids is 1. The van der Waals surface area contributed by atoms with Gasteiger partial charge in [-0.1, -0.05) is 66.7 Å². The molecule has 3 aromatic carbocycles. The van der Waals surface area contributed by atoms with Crippen LogP contribution in [0.5, 0.6) is 0 Å². The maximum absolute atomic E-state index is 12.7. The lowest BCUT2D eigenvalue weighted by atomic mass is 9.98. The normalized spacial score (nSPS) is 12.4. The Labute approximate surface area is 179 Å². The number of nitrogens with zero attached hydrogens (tertiary/aromatic N) is 1. The Bertz CT molecular complexity index is 1300. The number of H-pyrrole nitrogens is 1. The SMILES string of the molecule is CN(Cc1cc2ccccc2[nH]c1=O)C(=O)OCC1c2ccccc2-c2ccccc21. The van der Waals surface area contributed by atoms with Crippen molar-refractivity contribution in [3.8, 4) is 11.1 Å². The molecular weight excluding hydrogens is 388 g/mol. The first kappa shape index (κ1) is 19.1. The summed E-state index contributed by atoms with van der Waals surface area (Å²) in [4.78, 5) is 29.4. The second kappa shape index (κ2) is 7.76. The van der Waals surface area contributed by atoms with Crippen LogP contribution in [-0.4, -0.2) is 29.6 Å². The second-order valence-corrected chi connectivity index (χ2v) is 7.87. The van der Waals surface area contributed by atoms with Crippen molar-refractivity contribution in [3.63, 3.8) is 0 Å². The van der Waals surface area contributed by atoms with Crippen LogP contribution in [0, 0.1) is 0 Å². The molecule has 0 saturated heterocycles. The van der Waals surface area contributed by atoms with E-state index >= 15 is 0 Å². The van der Waals surface area contributed by atoms with E-state index in [4.69, 9.17) is 4.74 Å². The highest BCUT2D eigenvalue weighted by molar-refractivity contribution is 5.80. The first-order valence-corrected chi connectivity index (χ1v) is 10.3. The summed E-state index contributed by atoms with van der Waals surface area (Å²) in [5, 5.41) is 0.929. The summed E-state index contributed by atoms with van der Waals surface area (Å²) in [5.41, 5.74) is 5.83. The number of pyridine rings is 1. The molecule has 0 unspecified atom stereocenters. The number of fused-ring (bicyclic) bond motifs is 4. The smallest absolute Gasteiger partial charge is 0.409 e. The molecule has 0 atom stereocenters. The highest BCUT2D eigenvalue weighted by Crippen LogP contribution is 2.44. The largest absolute Gasteiger partial charge is 0.448 e. The zero-order valence-electron chi connectivity index (χ0n) is 17.2. The first-order valence-electron chi connectivity index (χ1n) is 10.3. The Morgan fingerprint density at radius 2 is 1.55 bits per heavy atom. The molecule has 1 N–H and O–H groups in total. The van der Waals surface area contributed by atoms with Gasteiger partial charge in [-0.15, -0.1) is 0 Å². The number of aromatic amines is 1. The molecule has 4 aromatic rings. The number of nitrogens with one attached hydrogen (secondary N) is 1. The van der Waals surface area contributed by atoms with Crippen LogP contribution in [-0.2, 0) is 11.3 Å². The lowest BCUT2D eigenvalue weighted by Gasteiger charge is -2.19. The van der Waals surface area contributed by atoms with Crippen LogP contribution in [0.4, 0.5) is 4.79 Å². The van der Waals surface area contributed by atoms with E-state index in [1.165, 1.54) is 27.2 Å². The first-order chi connectivity index (χ1) is 15.1. The molecule has 1 aliphatic carbocycles. The van der Waals surface area contributed by atoms with Gasteiger partial charge in [-0.2, -0.15) is 0 Å². The number of para-hydroxylation sites is 1. The Balaban J connectivity index is 1.31. The minimum atomic E-state index is -0.450. The maximum atomic E-state index is 12.7. The number of benzene rings is 3. The van der Waals surface area contributed by atoms with Gasteiger partial charge in [-0.3, -0.25) is 4.79 Å². The second-order valence-electron chi connectivity index (χ2n) is 7.87. The lowest BCUT2D eigenvalue weighted by molar-refractivity contribution is 0.106. The van der Waals surface area contributed by atoms with Gasteiger partial charge in [-0.05, 0) is 39.8 Å². The van der Waals surface area contributed by atoms with Crippen LogP contribution in [0.2, 0.25) is 0 Å². The van der Waals surface area contributed by atoms with E-state index in [0.717, 1.165) is 10.9 Å². The molecule has 154 valence electrons. The van der Waals surface area contributed by atoms with Crippen molar-refractivity contribution < 1.29 is 9.53 Å². The summed E-state index contributed by atoms with van der Waals surface area (Å²) in [6, 6.07) is 25.9. The van der Waals surface area contributed by atoms with E-state index in [9.17, 15) is 9.59 Å². The predicted molar refractivity (Wildman–Crippen MR) is 121 cm³/mol. The number of carbonyl (C=O) groups is 1. The summed E-state index contributed by atoms with van der Waals surface area (Å²) in [5.74, 6) is 0.00817. The van der Waals surface area contributed by atoms with Crippen LogP contribution in [0.3, 0.4) is 0 Å². The Morgan fingerprint density at radius 3 is 2.26 bits per heavy atom. The molecule has 1 aliphatic rings. The van der Waals surface area contributed by atoms with E-state index in [1.54, 1.807) is 7.05 Å². The van der Waals surface area contributed by atoms with Gasteiger partial charge < -0.3 is 14.6 Å². The number of ether oxygens (including phenoxy) is 1. The van der Waals surface area contributed by atoms with Crippen LogP contribution >= 0.6 is 0 Å². The van der Waals surface area contributed by atoms with E-state index in [-0.39, 0.29) is 24.6 Å². The number of rotatable bonds is 4. The molecule has 0 spiro atoms. The van der Waals surface area contributed by atoms with E-state index < -0.39 is 6.09 Å². The van der Waals surface area contributed by atoms with E-state index in [0.29, 0.717) is 5.56 Å². The number of hydrogen-bond acceptors (Lipinski definition) is 3. The van der Waals surface area contributed by atoms with Crippen LogP contribution in [0.1, 0.15) is 22.6 Å². The summed E-state index contributed by atoms with van der Waals surface area (Å²) in [7, 11) is 1.65. The molecule has 0 radical (unpaired) electrons. The molecule has 0 bridgehead atoms. The number of amides is 1. The summed E-state index contributed by atoms with van der Waals surface area (Å²) in [6.07, 6.45) is -0.450. The van der Waals surface area contributed by atoms with Crippen molar-refractivity contribution in [3.05, 3.63) is 106 Å². The third-order valence-corrected chi connectivity index (χ3v) is 5.89. The third-order valence-electron chi connectivity index (χ3n) is 5.89. The molecule has 1 heterocycles. The van der Waals surface area contributed by atoms with Gasteiger partial charge in [0.2, 0.25) is 0 Å². The van der Waals surface area contributed by atoms with Gasteiger partial charge in [0.05, 0.1) is 6.54 Å². The molecule has 5 heteroatoms. The zero-order valence-corrected chi connectivity index (χ0v) is 17.2. The van der Waals surface area contributed by atoms with Gasteiger partial charge in [0.25, 0.3) is 5.56 Å². The fraction of sp³-hybridized carbons (Fsp3) is 0.154. The topological polar surface area (TPSA) is 62.4 Å². The average Bonchev–Trinajstić information content (AvgIpc) is 3.11. The van der Waals surface area contributed by atoms with Gasteiger partial charge in [0, 0.05) is 24.0 Å². The molecule has 1 aromatic heterocycles. The van der Waals surface area contributed by atoms with Crippen molar-refractivity contribution in [1.82, 2.24) is 9.88 Å². The van der Waals surface area contributed by atoms with Crippen molar-refractivity contribution in [2.75, 3.05) is 13.7 Å². The van der Waals surface area contributed by atoms with Gasteiger partial charge in [0.15, 0.2) is 0 Å². The summed E-state index contributed by atoms with van der Waals surface area (Å²) >= 11 is 0. The maximum Gasteiger partial charge on any atom is 0.409 e. The monoisotopic (exact) mass is 410 g/mol.